The molecule has 0 spiro atoms. The van der Waals surface area contributed by atoms with Crippen LogP contribution in [0.3, 0.4) is 0 Å². The maximum atomic E-state index is 12.2. The molecule has 26 heavy (non-hydrogen) atoms. The molecule has 1 heterocycles. The van der Waals surface area contributed by atoms with Crippen LogP contribution in [0, 0.1) is 19.8 Å². The molecule has 5 heteroatoms. The second kappa shape index (κ2) is 8.04. The van der Waals surface area contributed by atoms with Crippen molar-refractivity contribution in [2.24, 2.45) is 16.6 Å². The van der Waals surface area contributed by atoms with Gasteiger partial charge in [0.2, 0.25) is 5.91 Å². The maximum Gasteiger partial charge on any atom is 0.223 e. The van der Waals surface area contributed by atoms with Gasteiger partial charge in [0.05, 0.1) is 0 Å². The number of carbonyl (C=O) groups excluding carboxylic acids is 1. The Morgan fingerprint density at radius 1 is 1.19 bits per heavy atom. The Labute approximate surface area is 154 Å². The van der Waals surface area contributed by atoms with Gasteiger partial charge in [-0.25, -0.2) is 0 Å². The summed E-state index contributed by atoms with van der Waals surface area (Å²) < 4.78 is 0. The highest BCUT2D eigenvalue weighted by Crippen LogP contribution is 2.20. The standard InChI is InChI=1S/C21H26N4O/c1-15-8-16(2)10-19(9-15)24-21(22)23-12-18-11-20(26)25(14-18)13-17-6-4-3-5-7-17/h3-10,18H,11-14H2,1-2H3,(H3,22,23,24). The molecule has 3 N–H and O–H groups in total. The molecule has 3 rings (SSSR count). The van der Waals surface area contributed by atoms with E-state index >= 15 is 0 Å². The first kappa shape index (κ1) is 18.0. The fraction of sp³-hybridized carbons (Fsp3) is 0.333. The Hall–Kier alpha value is -2.82. The van der Waals surface area contributed by atoms with Gasteiger partial charge in [0, 0.05) is 37.7 Å². The van der Waals surface area contributed by atoms with Crippen LogP contribution in [0.1, 0.15) is 23.1 Å². The van der Waals surface area contributed by atoms with E-state index in [1.54, 1.807) is 0 Å². The lowest BCUT2D eigenvalue weighted by atomic mass is 10.1. The van der Waals surface area contributed by atoms with Gasteiger partial charge in [-0.1, -0.05) is 36.4 Å². The highest BCUT2D eigenvalue weighted by Gasteiger charge is 2.29. The molecule has 0 radical (unpaired) electrons. The first-order chi connectivity index (χ1) is 12.5. The molecule has 136 valence electrons. The molecule has 1 fully saturated rings. The van der Waals surface area contributed by atoms with Crippen LogP contribution in [0.15, 0.2) is 53.5 Å². The smallest absolute Gasteiger partial charge is 0.223 e. The lowest BCUT2D eigenvalue weighted by Crippen LogP contribution is -2.26. The zero-order valence-corrected chi connectivity index (χ0v) is 15.4. The number of rotatable bonds is 5. The SMILES string of the molecule is Cc1cc(C)cc(NC(N)=NCC2CC(=O)N(Cc3ccccc3)C2)c1. The van der Waals surface area contributed by atoms with Crippen molar-refractivity contribution in [1.82, 2.24) is 4.90 Å². The Balaban J connectivity index is 1.54. The third kappa shape index (κ3) is 4.85. The Bertz CT molecular complexity index is 781. The number of nitrogens with zero attached hydrogens (tertiary/aromatic N) is 2. The fourth-order valence-electron chi connectivity index (χ4n) is 3.39. The molecule has 1 aliphatic heterocycles. The summed E-state index contributed by atoms with van der Waals surface area (Å²) in [7, 11) is 0. The van der Waals surface area contributed by atoms with Crippen molar-refractivity contribution >= 4 is 17.6 Å². The summed E-state index contributed by atoms with van der Waals surface area (Å²) in [6.07, 6.45) is 0.535. The number of nitrogens with two attached hydrogens (primary N) is 1. The van der Waals surface area contributed by atoms with E-state index in [9.17, 15) is 4.79 Å². The van der Waals surface area contributed by atoms with Gasteiger partial charge in [-0.15, -0.1) is 0 Å². The van der Waals surface area contributed by atoms with E-state index < -0.39 is 0 Å². The molecule has 2 aromatic carbocycles. The summed E-state index contributed by atoms with van der Waals surface area (Å²) in [5, 5.41) is 3.14. The lowest BCUT2D eigenvalue weighted by molar-refractivity contribution is -0.128. The van der Waals surface area contributed by atoms with Gasteiger partial charge in [0.1, 0.15) is 0 Å². The van der Waals surface area contributed by atoms with E-state index in [4.69, 9.17) is 5.73 Å². The van der Waals surface area contributed by atoms with E-state index in [1.807, 2.05) is 47.4 Å². The Morgan fingerprint density at radius 3 is 2.58 bits per heavy atom. The number of aryl methyl sites for hydroxylation is 2. The number of carbonyl (C=O) groups is 1. The molecule has 2 aromatic rings. The monoisotopic (exact) mass is 350 g/mol. The summed E-state index contributed by atoms with van der Waals surface area (Å²) in [4.78, 5) is 18.6. The molecule has 0 saturated carbocycles. The number of anilines is 1. The molecule has 0 aromatic heterocycles. The van der Waals surface area contributed by atoms with Crippen molar-refractivity contribution < 1.29 is 4.79 Å². The normalized spacial score (nSPS) is 17.6. The number of aliphatic imine (C=N–C) groups is 1. The first-order valence-electron chi connectivity index (χ1n) is 8.96. The highest BCUT2D eigenvalue weighted by atomic mass is 16.2. The van der Waals surface area contributed by atoms with E-state index in [-0.39, 0.29) is 11.8 Å². The van der Waals surface area contributed by atoms with Crippen molar-refractivity contribution in [2.45, 2.75) is 26.8 Å². The van der Waals surface area contributed by atoms with E-state index in [2.05, 4.69) is 30.2 Å². The number of nitrogens with one attached hydrogen (secondary N) is 1. The topological polar surface area (TPSA) is 70.7 Å². The molecule has 1 amide bonds. The number of likely N-dealkylation sites (tertiary alicyclic amines) is 1. The van der Waals surface area contributed by atoms with Crippen LogP contribution in [-0.4, -0.2) is 29.9 Å². The number of guanidine groups is 1. The molecule has 5 nitrogen and oxygen atoms in total. The average molecular weight is 350 g/mol. The summed E-state index contributed by atoms with van der Waals surface area (Å²) in [6, 6.07) is 16.3. The summed E-state index contributed by atoms with van der Waals surface area (Å²) in [5.41, 5.74) is 10.5. The molecular formula is C21H26N4O. The highest BCUT2D eigenvalue weighted by molar-refractivity contribution is 5.92. The van der Waals surface area contributed by atoms with Gasteiger partial charge in [-0.05, 0) is 42.7 Å². The number of hydrogen-bond acceptors (Lipinski definition) is 2. The Morgan fingerprint density at radius 2 is 1.88 bits per heavy atom. The van der Waals surface area contributed by atoms with Gasteiger partial charge >= 0.3 is 0 Å². The molecule has 1 unspecified atom stereocenters. The number of amides is 1. The Kier molecular flexibility index (Phi) is 5.56. The van der Waals surface area contributed by atoms with Gasteiger partial charge in [-0.2, -0.15) is 0 Å². The summed E-state index contributed by atoms with van der Waals surface area (Å²) >= 11 is 0. The van der Waals surface area contributed by atoms with Crippen LogP contribution in [0.25, 0.3) is 0 Å². The first-order valence-corrected chi connectivity index (χ1v) is 8.96. The summed E-state index contributed by atoms with van der Waals surface area (Å²) in [5.74, 6) is 0.796. The molecule has 0 aliphatic carbocycles. The third-order valence-corrected chi connectivity index (χ3v) is 4.52. The second-order valence-electron chi connectivity index (χ2n) is 7.06. The fourth-order valence-corrected chi connectivity index (χ4v) is 3.39. The van der Waals surface area contributed by atoms with Crippen LogP contribution in [0.2, 0.25) is 0 Å². The zero-order chi connectivity index (χ0) is 18.5. The number of benzene rings is 2. The van der Waals surface area contributed by atoms with Gasteiger partial charge < -0.3 is 16.0 Å². The predicted octanol–water partition coefficient (Wildman–Crippen LogP) is 3.08. The van der Waals surface area contributed by atoms with Gasteiger partial charge in [-0.3, -0.25) is 9.79 Å². The van der Waals surface area contributed by atoms with Gasteiger partial charge in [0.25, 0.3) is 0 Å². The molecular weight excluding hydrogens is 324 g/mol. The van der Waals surface area contributed by atoms with E-state index in [1.165, 1.54) is 11.1 Å². The van der Waals surface area contributed by atoms with Crippen LogP contribution < -0.4 is 11.1 Å². The van der Waals surface area contributed by atoms with Crippen LogP contribution in [-0.2, 0) is 11.3 Å². The van der Waals surface area contributed by atoms with Crippen LogP contribution in [0.4, 0.5) is 5.69 Å². The van der Waals surface area contributed by atoms with Gasteiger partial charge in [0.15, 0.2) is 5.96 Å². The van der Waals surface area contributed by atoms with Crippen molar-refractivity contribution in [3.05, 3.63) is 65.2 Å². The third-order valence-electron chi connectivity index (χ3n) is 4.52. The zero-order valence-electron chi connectivity index (χ0n) is 15.4. The predicted molar refractivity (Wildman–Crippen MR) is 106 cm³/mol. The lowest BCUT2D eigenvalue weighted by Gasteiger charge is -2.16. The number of hydrogen-bond donors (Lipinski definition) is 2. The quantitative estimate of drug-likeness (QED) is 0.643. The largest absolute Gasteiger partial charge is 0.370 e. The molecule has 1 atom stereocenters. The van der Waals surface area contributed by atoms with Crippen LogP contribution in [0.5, 0.6) is 0 Å². The second-order valence-corrected chi connectivity index (χ2v) is 7.06. The average Bonchev–Trinajstić information content (AvgIpc) is 2.93. The molecule has 1 saturated heterocycles. The minimum absolute atomic E-state index is 0.190. The molecule has 0 bridgehead atoms. The van der Waals surface area contributed by atoms with E-state index in [0.29, 0.717) is 25.5 Å². The maximum absolute atomic E-state index is 12.2. The summed E-state index contributed by atoms with van der Waals surface area (Å²) in [6.45, 7) is 6.05. The van der Waals surface area contributed by atoms with Crippen molar-refractivity contribution in [1.29, 1.82) is 0 Å². The van der Waals surface area contributed by atoms with E-state index in [0.717, 1.165) is 17.8 Å². The minimum Gasteiger partial charge on any atom is -0.370 e. The minimum atomic E-state index is 0.190. The van der Waals surface area contributed by atoms with Crippen molar-refractivity contribution in [2.75, 3.05) is 18.4 Å². The van der Waals surface area contributed by atoms with Crippen molar-refractivity contribution in [3.63, 3.8) is 0 Å². The van der Waals surface area contributed by atoms with Crippen LogP contribution >= 0.6 is 0 Å². The molecule has 1 aliphatic rings. The van der Waals surface area contributed by atoms with Crippen molar-refractivity contribution in [3.8, 4) is 0 Å².